The molecule has 1 aliphatic carbocycles. The van der Waals surface area contributed by atoms with Crippen LogP contribution in [0.2, 0.25) is 0 Å². The number of benzene rings is 1. The zero-order chi connectivity index (χ0) is 10.9. The summed E-state index contributed by atoms with van der Waals surface area (Å²) in [4.78, 5) is 0. The summed E-state index contributed by atoms with van der Waals surface area (Å²) in [6, 6.07) is 6.48. The van der Waals surface area contributed by atoms with E-state index in [1.54, 1.807) is 7.11 Å². The SMILES string of the molecule is COc1cc(C)ccc1C1(CCN)CC1. The van der Waals surface area contributed by atoms with E-state index in [0.29, 0.717) is 5.41 Å². The molecule has 15 heavy (non-hydrogen) atoms. The van der Waals surface area contributed by atoms with E-state index in [-0.39, 0.29) is 0 Å². The number of rotatable bonds is 4. The second-order valence-corrected chi connectivity index (χ2v) is 4.52. The lowest BCUT2D eigenvalue weighted by Gasteiger charge is -2.18. The molecule has 0 aromatic heterocycles. The van der Waals surface area contributed by atoms with Gasteiger partial charge >= 0.3 is 0 Å². The van der Waals surface area contributed by atoms with Crippen LogP contribution in [0.3, 0.4) is 0 Å². The Morgan fingerprint density at radius 3 is 2.67 bits per heavy atom. The second kappa shape index (κ2) is 3.86. The third-order valence-electron chi connectivity index (χ3n) is 3.40. The Balaban J connectivity index is 2.35. The van der Waals surface area contributed by atoms with Crippen molar-refractivity contribution >= 4 is 0 Å². The molecule has 2 nitrogen and oxygen atoms in total. The zero-order valence-electron chi connectivity index (χ0n) is 9.55. The molecular formula is C13H19NO. The van der Waals surface area contributed by atoms with E-state index >= 15 is 0 Å². The molecular weight excluding hydrogens is 186 g/mol. The largest absolute Gasteiger partial charge is 0.496 e. The van der Waals surface area contributed by atoms with Crippen molar-refractivity contribution in [2.75, 3.05) is 13.7 Å². The fraction of sp³-hybridized carbons (Fsp3) is 0.538. The number of methoxy groups -OCH3 is 1. The zero-order valence-corrected chi connectivity index (χ0v) is 9.55. The lowest BCUT2D eigenvalue weighted by molar-refractivity contribution is 0.402. The Bertz CT molecular complexity index is 356. The van der Waals surface area contributed by atoms with Gasteiger partial charge in [-0.1, -0.05) is 12.1 Å². The van der Waals surface area contributed by atoms with Gasteiger partial charge in [0.1, 0.15) is 5.75 Å². The summed E-state index contributed by atoms with van der Waals surface area (Å²) < 4.78 is 5.46. The first-order valence-corrected chi connectivity index (χ1v) is 5.57. The summed E-state index contributed by atoms with van der Waals surface area (Å²) in [5.74, 6) is 1.03. The highest BCUT2D eigenvalue weighted by molar-refractivity contribution is 5.45. The van der Waals surface area contributed by atoms with Crippen LogP contribution in [0.4, 0.5) is 0 Å². The summed E-state index contributed by atoms with van der Waals surface area (Å²) in [7, 11) is 1.75. The van der Waals surface area contributed by atoms with Crippen molar-refractivity contribution in [3.05, 3.63) is 29.3 Å². The molecule has 2 heteroatoms. The van der Waals surface area contributed by atoms with Gasteiger partial charge < -0.3 is 10.5 Å². The molecule has 82 valence electrons. The molecule has 0 atom stereocenters. The molecule has 0 heterocycles. The monoisotopic (exact) mass is 205 g/mol. The van der Waals surface area contributed by atoms with Crippen LogP contribution in [0, 0.1) is 6.92 Å². The van der Waals surface area contributed by atoms with E-state index in [9.17, 15) is 0 Å². The molecule has 1 aliphatic rings. The molecule has 1 saturated carbocycles. The first-order chi connectivity index (χ1) is 7.22. The Morgan fingerprint density at radius 1 is 1.40 bits per heavy atom. The number of nitrogens with two attached hydrogens (primary N) is 1. The summed E-state index contributed by atoms with van der Waals surface area (Å²) in [5, 5.41) is 0. The van der Waals surface area contributed by atoms with Crippen molar-refractivity contribution < 1.29 is 4.74 Å². The Morgan fingerprint density at radius 2 is 2.13 bits per heavy atom. The Labute approximate surface area is 91.4 Å². The van der Waals surface area contributed by atoms with Crippen LogP contribution in [0.25, 0.3) is 0 Å². The molecule has 0 unspecified atom stereocenters. The van der Waals surface area contributed by atoms with Gasteiger partial charge in [0, 0.05) is 11.0 Å². The topological polar surface area (TPSA) is 35.2 Å². The highest BCUT2D eigenvalue weighted by Crippen LogP contribution is 2.53. The highest BCUT2D eigenvalue weighted by atomic mass is 16.5. The van der Waals surface area contributed by atoms with Crippen LogP contribution >= 0.6 is 0 Å². The standard InChI is InChI=1S/C13H19NO/c1-10-3-4-11(12(9-10)15-2)13(5-6-13)7-8-14/h3-4,9H,5-8,14H2,1-2H3. The number of aryl methyl sites for hydroxylation is 1. The fourth-order valence-electron chi connectivity index (χ4n) is 2.32. The minimum atomic E-state index is 0.327. The van der Waals surface area contributed by atoms with Gasteiger partial charge in [-0.25, -0.2) is 0 Å². The first kappa shape index (κ1) is 10.5. The maximum Gasteiger partial charge on any atom is 0.122 e. The van der Waals surface area contributed by atoms with Gasteiger partial charge in [0.2, 0.25) is 0 Å². The molecule has 1 fully saturated rings. The quantitative estimate of drug-likeness (QED) is 0.819. The van der Waals surface area contributed by atoms with Crippen molar-refractivity contribution in [2.45, 2.75) is 31.6 Å². The molecule has 1 aromatic rings. The molecule has 0 saturated heterocycles. The average Bonchev–Trinajstić information content (AvgIpc) is 2.99. The average molecular weight is 205 g/mol. The summed E-state index contributed by atoms with van der Waals surface area (Å²) in [6.45, 7) is 2.85. The third-order valence-corrected chi connectivity index (χ3v) is 3.40. The molecule has 0 radical (unpaired) electrons. The van der Waals surface area contributed by atoms with Crippen LogP contribution in [0.1, 0.15) is 30.4 Å². The van der Waals surface area contributed by atoms with Gasteiger partial charge in [0.25, 0.3) is 0 Å². The number of hydrogen-bond donors (Lipinski definition) is 1. The van der Waals surface area contributed by atoms with Crippen LogP contribution in [-0.2, 0) is 5.41 Å². The molecule has 2 rings (SSSR count). The molecule has 0 spiro atoms. The predicted octanol–water partition coefficient (Wildman–Crippen LogP) is 2.38. The lowest BCUT2D eigenvalue weighted by Crippen LogP contribution is -2.14. The molecule has 2 N–H and O–H groups in total. The smallest absolute Gasteiger partial charge is 0.122 e. The van der Waals surface area contributed by atoms with E-state index in [0.717, 1.165) is 18.7 Å². The second-order valence-electron chi connectivity index (χ2n) is 4.52. The van der Waals surface area contributed by atoms with Crippen molar-refractivity contribution in [1.29, 1.82) is 0 Å². The molecule has 0 amide bonds. The summed E-state index contributed by atoms with van der Waals surface area (Å²) in [6.07, 6.45) is 3.58. The van der Waals surface area contributed by atoms with Gasteiger partial charge in [-0.15, -0.1) is 0 Å². The predicted molar refractivity (Wildman–Crippen MR) is 62.3 cm³/mol. The Kier molecular flexibility index (Phi) is 2.70. The minimum absolute atomic E-state index is 0.327. The van der Waals surface area contributed by atoms with Crippen molar-refractivity contribution in [2.24, 2.45) is 5.73 Å². The van der Waals surface area contributed by atoms with Crippen molar-refractivity contribution in [1.82, 2.24) is 0 Å². The maximum atomic E-state index is 5.67. The maximum absolute atomic E-state index is 5.67. The van der Waals surface area contributed by atoms with Gasteiger partial charge in [-0.05, 0) is 44.4 Å². The lowest BCUT2D eigenvalue weighted by atomic mass is 9.91. The van der Waals surface area contributed by atoms with Gasteiger partial charge in [-0.3, -0.25) is 0 Å². The fourth-order valence-corrected chi connectivity index (χ4v) is 2.32. The van der Waals surface area contributed by atoms with Gasteiger partial charge in [0.15, 0.2) is 0 Å². The van der Waals surface area contributed by atoms with Gasteiger partial charge in [0.05, 0.1) is 7.11 Å². The number of hydrogen-bond acceptors (Lipinski definition) is 2. The van der Waals surface area contributed by atoms with E-state index in [2.05, 4.69) is 25.1 Å². The normalized spacial score (nSPS) is 17.5. The van der Waals surface area contributed by atoms with Gasteiger partial charge in [-0.2, -0.15) is 0 Å². The molecule has 0 aliphatic heterocycles. The minimum Gasteiger partial charge on any atom is -0.496 e. The van der Waals surface area contributed by atoms with E-state index in [4.69, 9.17) is 10.5 Å². The van der Waals surface area contributed by atoms with E-state index in [1.807, 2.05) is 0 Å². The summed E-state index contributed by atoms with van der Waals surface area (Å²) >= 11 is 0. The molecule has 0 bridgehead atoms. The number of ether oxygens (including phenoxy) is 1. The van der Waals surface area contributed by atoms with Crippen LogP contribution in [-0.4, -0.2) is 13.7 Å². The van der Waals surface area contributed by atoms with E-state index < -0.39 is 0 Å². The highest BCUT2D eigenvalue weighted by Gasteiger charge is 2.44. The van der Waals surface area contributed by atoms with Crippen LogP contribution in [0.5, 0.6) is 5.75 Å². The third kappa shape index (κ3) is 1.86. The van der Waals surface area contributed by atoms with Crippen LogP contribution in [0.15, 0.2) is 18.2 Å². The molecule has 1 aromatic carbocycles. The first-order valence-electron chi connectivity index (χ1n) is 5.57. The summed E-state index contributed by atoms with van der Waals surface area (Å²) in [5.41, 5.74) is 8.60. The van der Waals surface area contributed by atoms with Crippen molar-refractivity contribution in [3.8, 4) is 5.75 Å². The van der Waals surface area contributed by atoms with Crippen molar-refractivity contribution in [3.63, 3.8) is 0 Å². The van der Waals surface area contributed by atoms with E-state index in [1.165, 1.54) is 24.0 Å². The Hall–Kier alpha value is -1.02. The van der Waals surface area contributed by atoms with Crippen LogP contribution < -0.4 is 10.5 Å².